The zero-order valence-electron chi connectivity index (χ0n) is 8.91. The number of hydrogen-bond donors (Lipinski definition) is 1. The number of hydrogen-bond acceptors (Lipinski definition) is 3. The smallest absolute Gasteiger partial charge is 0.310 e. The average molecular weight is 243 g/mol. The average Bonchev–Trinajstić information content (AvgIpc) is 2.70. The predicted molar refractivity (Wildman–Crippen MR) is 58.4 cm³/mol. The van der Waals surface area contributed by atoms with E-state index < -0.39 is 11.9 Å². The summed E-state index contributed by atoms with van der Waals surface area (Å²) in [5.41, 5.74) is 1.27. The van der Waals surface area contributed by atoms with Crippen molar-refractivity contribution in [1.29, 1.82) is 0 Å². The molecule has 0 radical (unpaired) electrons. The molecule has 0 saturated heterocycles. The molecule has 16 heavy (non-hydrogen) atoms. The van der Waals surface area contributed by atoms with Gasteiger partial charge in [0.1, 0.15) is 0 Å². The van der Waals surface area contributed by atoms with Crippen LogP contribution in [0.1, 0.15) is 24.0 Å². The molecule has 0 aromatic heterocycles. The fourth-order valence-corrected chi connectivity index (χ4v) is 1.96. The maximum absolute atomic E-state index is 10.9. The Hall–Kier alpha value is -1.42. The molecule has 0 saturated carbocycles. The Morgan fingerprint density at radius 1 is 1.56 bits per heavy atom. The van der Waals surface area contributed by atoms with E-state index in [0.717, 1.165) is 5.56 Å². The zero-order valence-corrected chi connectivity index (χ0v) is 9.67. The van der Waals surface area contributed by atoms with Crippen molar-refractivity contribution in [2.75, 3.05) is 6.79 Å². The molecule has 1 heterocycles. The van der Waals surface area contributed by atoms with Crippen molar-refractivity contribution in [3.8, 4) is 11.5 Å². The second kappa shape index (κ2) is 3.87. The summed E-state index contributed by atoms with van der Waals surface area (Å²) in [6.45, 7) is 3.52. The lowest BCUT2D eigenvalue weighted by molar-refractivity contribution is -0.138. The molecule has 1 aromatic carbocycles. The van der Waals surface area contributed by atoms with Crippen LogP contribution in [0.2, 0.25) is 5.02 Å². The number of rotatable bonds is 2. The summed E-state index contributed by atoms with van der Waals surface area (Å²) in [6.07, 6.45) is 0. The highest BCUT2D eigenvalue weighted by Crippen LogP contribution is 2.43. The molecule has 1 aromatic rings. The van der Waals surface area contributed by atoms with Gasteiger partial charge >= 0.3 is 5.97 Å². The molecule has 1 aliphatic heterocycles. The van der Waals surface area contributed by atoms with E-state index in [1.54, 1.807) is 19.9 Å². The van der Waals surface area contributed by atoms with Crippen molar-refractivity contribution in [3.05, 3.63) is 22.2 Å². The van der Waals surface area contributed by atoms with Crippen LogP contribution in [0.4, 0.5) is 0 Å². The first-order valence-electron chi connectivity index (χ1n) is 4.83. The Bertz CT molecular complexity index is 456. The summed E-state index contributed by atoms with van der Waals surface area (Å²) in [4.78, 5) is 10.9. The Balaban J connectivity index is 2.56. The highest BCUT2D eigenvalue weighted by molar-refractivity contribution is 6.32. The van der Waals surface area contributed by atoms with Gasteiger partial charge in [0.15, 0.2) is 11.5 Å². The van der Waals surface area contributed by atoms with Crippen LogP contribution in [0.15, 0.2) is 6.07 Å². The van der Waals surface area contributed by atoms with Gasteiger partial charge in [-0.3, -0.25) is 4.79 Å². The second-order valence-electron chi connectivity index (χ2n) is 3.70. The first kappa shape index (κ1) is 11.1. The fourth-order valence-electron chi connectivity index (χ4n) is 1.66. The van der Waals surface area contributed by atoms with Crippen molar-refractivity contribution in [2.24, 2.45) is 0 Å². The van der Waals surface area contributed by atoms with E-state index in [2.05, 4.69) is 0 Å². The number of fused-ring (bicyclic) bond motifs is 1. The Morgan fingerprint density at radius 3 is 2.88 bits per heavy atom. The van der Waals surface area contributed by atoms with Gasteiger partial charge in [-0.1, -0.05) is 11.6 Å². The molecule has 2 rings (SSSR count). The monoisotopic (exact) mass is 242 g/mol. The quantitative estimate of drug-likeness (QED) is 0.866. The van der Waals surface area contributed by atoms with Crippen LogP contribution in [0.25, 0.3) is 0 Å². The van der Waals surface area contributed by atoms with Crippen LogP contribution in [0, 0.1) is 6.92 Å². The van der Waals surface area contributed by atoms with E-state index in [4.69, 9.17) is 26.2 Å². The molecular weight excluding hydrogens is 232 g/mol. The van der Waals surface area contributed by atoms with Gasteiger partial charge in [0, 0.05) is 5.56 Å². The standard InChI is InChI=1S/C11H11ClO4/c1-5(11(13)14)7-3-8-10(16-4-15-8)6(2)9(7)12/h3,5H,4H2,1-2H3,(H,13,14). The number of aliphatic carboxylic acids is 1. The van der Waals surface area contributed by atoms with Gasteiger partial charge in [0.05, 0.1) is 10.9 Å². The minimum atomic E-state index is -0.917. The highest BCUT2D eigenvalue weighted by Gasteiger charge is 2.25. The molecule has 5 heteroatoms. The summed E-state index contributed by atoms with van der Waals surface area (Å²) >= 11 is 6.12. The molecule has 1 aliphatic rings. The maximum atomic E-state index is 10.9. The SMILES string of the molecule is Cc1c(Cl)c(C(C)C(=O)O)cc2c1OCO2. The van der Waals surface area contributed by atoms with Crippen LogP contribution >= 0.6 is 11.6 Å². The zero-order chi connectivity index (χ0) is 11.9. The minimum Gasteiger partial charge on any atom is -0.481 e. The van der Waals surface area contributed by atoms with Crippen LogP contribution in [-0.2, 0) is 4.79 Å². The molecule has 1 atom stereocenters. The number of ether oxygens (including phenoxy) is 2. The lowest BCUT2D eigenvalue weighted by Crippen LogP contribution is -2.08. The molecule has 0 amide bonds. The molecule has 0 fully saturated rings. The molecule has 1 unspecified atom stereocenters. The Kier molecular flexibility index (Phi) is 2.68. The van der Waals surface area contributed by atoms with Crippen molar-refractivity contribution in [2.45, 2.75) is 19.8 Å². The van der Waals surface area contributed by atoms with Gasteiger partial charge in [0.2, 0.25) is 6.79 Å². The largest absolute Gasteiger partial charge is 0.481 e. The first-order chi connectivity index (χ1) is 7.52. The number of carboxylic acids is 1. The topological polar surface area (TPSA) is 55.8 Å². The Morgan fingerprint density at radius 2 is 2.25 bits per heavy atom. The lowest BCUT2D eigenvalue weighted by Gasteiger charge is -2.12. The van der Waals surface area contributed by atoms with Gasteiger partial charge in [0.25, 0.3) is 0 Å². The van der Waals surface area contributed by atoms with Crippen molar-refractivity contribution in [1.82, 2.24) is 0 Å². The summed E-state index contributed by atoms with van der Waals surface area (Å²) in [6, 6.07) is 1.64. The van der Waals surface area contributed by atoms with Gasteiger partial charge in [-0.2, -0.15) is 0 Å². The summed E-state index contributed by atoms with van der Waals surface area (Å²) < 4.78 is 10.5. The third-order valence-electron chi connectivity index (χ3n) is 2.69. The van der Waals surface area contributed by atoms with Crippen molar-refractivity contribution < 1.29 is 19.4 Å². The van der Waals surface area contributed by atoms with E-state index >= 15 is 0 Å². The van der Waals surface area contributed by atoms with E-state index in [0.29, 0.717) is 22.1 Å². The molecule has 0 spiro atoms. The molecule has 4 nitrogen and oxygen atoms in total. The number of benzene rings is 1. The second-order valence-corrected chi connectivity index (χ2v) is 4.08. The van der Waals surface area contributed by atoms with E-state index in [9.17, 15) is 4.79 Å². The van der Waals surface area contributed by atoms with Crippen LogP contribution in [0.3, 0.4) is 0 Å². The molecular formula is C11H11ClO4. The first-order valence-corrected chi connectivity index (χ1v) is 5.21. The van der Waals surface area contributed by atoms with Gasteiger partial charge < -0.3 is 14.6 Å². The van der Waals surface area contributed by atoms with Crippen LogP contribution in [-0.4, -0.2) is 17.9 Å². The van der Waals surface area contributed by atoms with E-state index in [-0.39, 0.29) is 6.79 Å². The number of halogens is 1. The summed E-state index contributed by atoms with van der Waals surface area (Å²) in [5, 5.41) is 9.40. The number of carbonyl (C=O) groups is 1. The summed E-state index contributed by atoms with van der Waals surface area (Å²) in [5.74, 6) is -0.419. The minimum absolute atomic E-state index is 0.150. The predicted octanol–water partition coefficient (Wildman–Crippen LogP) is 2.57. The molecule has 86 valence electrons. The van der Waals surface area contributed by atoms with Crippen LogP contribution < -0.4 is 9.47 Å². The van der Waals surface area contributed by atoms with E-state index in [1.807, 2.05) is 0 Å². The Labute approximate surface area is 97.7 Å². The lowest BCUT2D eigenvalue weighted by atomic mass is 9.98. The third-order valence-corrected chi connectivity index (χ3v) is 3.19. The van der Waals surface area contributed by atoms with Gasteiger partial charge in [-0.25, -0.2) is 0 Å². The van der Waals surface area contributed by atoms with Gasteiger partial charge in [-0.05, 0) is 25.5 Å². The molecule has 1 N–H and O–H groups in total. The number of carboxylic acid groups (broad SMARTS) is 1. The maximum Gasteiger partial charge on any atom is 0.310 e. The van der Waals surface area contributed by atoms with Gasteiger partial charge in [-0.15, -0.1) is 0 Å². The van der Waals surface area contributed by atoms with Crippen LogP contribution in [0.5, 0.6) is 11.5 Å². The van der Waals surface area contributed by atoms with E-state index in [1.165, 1.54) is 0 Å². The normalized spacial score (nSPS) is 14.9. The van der Waals surface area contributed by atoms with Crippen molar-refractivity contribution >= 4 is 17.6 Å². The fraction of sp³-hybridized carbons (Fsp3) is 0.364. The third kappa shape index (κ3) is 1.59. The molecule has 0 aliphatic carbocycles. The summed E-state index contributed by atoms with van der Waals surface area (Å²) in [7, 11) is 0. The van der Waals surface area contributed by atoms with Crippen molar-refractivity contribution in [3.63, 3.8) is 0 Å². The highest BCUT2D eigenvalue weighted by atomic mass is 35.5. The molecule has 0 bridgehead atoms.